The Morgan fingerprint density at radius 2 is 1.89 bits per heavy atom. The van der Waals surface area contributed by atoms with E-state index in [2.05, 4.69) is 57.5 Å². The fourth-order valence-corrected chi connectivity index (χ4v) is 5.78. The number of aromatic nitrogens is 5. The minimum absolute atomic E-state index is 0.560. The van der Waals surface area contributed by atoms with Crippen molar-refractivity contribution in [2.24, 2.45) is 0 Å². The zero-order valence-electron chi connectivity index (χ0n) is 16.7. The molecular formula is C21H28N6S. The lowest BCUT2D eigenvalue weighted by molar-refractivity contribution is 0.448. The molecule has 28 heavy (non-hydrogen) atoms. The standard InChI is InChI=1S/C21H28N6S/c1-15-3-4-17-18(25(15)2)5-6-19-21(17)24-20(7-12-26-22-10-11-23-26)27(19)16-8-13-28-14-9-16/h5-6,10-11,15-16H,3-4,7-9,12-14H2,1-2H3. The van der Waals surface area contributed by atoms with E-state index in [1.807, 2.05) is 0 Å². The molecule has 148 valence electrons. The number of aryl methyl sites for hydroxylation is 3. The van der Waals surface area contributed by atoms with Gasteiger partial charge in [-0.3, -0.25) is 0 Å². The van der Waals surface area contributed by atoms with Crippen LogP contribution in [-0.4, -0.2) is 49.1 Å². The van der Waals surface area contributed by atoms with Crippen LogP contribution in [-0.2, 0) is 19.4 Å². The van der Waals surface area contributed by atoms with Crippen molar-refractivity contribution in [2.45, 2.75) is 57.7 Å². The van der Waals surface area contributed by atoms with E-state index in [1.165, 1.54) is 58.9 Å². The summed E-state index contributed by atoms with van der Waals surface area (Å²) >= 11 is 2.08. The third-order valence-corrected chi connectivity index (χ3v) is 7.48. The lowest BCUT2D eigenvalue weighted by Crippen LogP contribution is -2.33. The molecule has 6 nitrogen and oxygen atoms in total. The van der Waals surface area contributed by atoms with Crippen molar-refractivity contribution in [2.75, 3.05) is 23.5 Å². The average molecular weight is 397 g/mol. The highest BCUT2D eigenvalue weighted by Crippen LogP contribution is 2.38. The van der Waals surface area contributed by atoms with E-state index < -0.39 is 0 Å². The monoisotopic (exact) mass is 396 g/mol. The van der Waals surface area contributed by atoms with Gasteiger partial charge in [-0.2, -0.15) is 26.8 Å². The molecule has 1 saturated heterocycles. The molecule has 0 bridgehead atoms. The molecule has 0 amide bonds. The Bertz CT molecular complexity index is 957. The highest BCUT2D eigenvalue weighted by Gasteiger charge is 2.27. The minimum atomic E-state index is 0.560. The number of hydrogen-bond acceptors (Lipinski definition) is 5. The highest BCUT2D eigenvalue weighted by atomic mass is 32.2. The molecular weight excluding hydrogens is 368 g/mol. The predicted molar refractivity (Wildman–Crippen MR) is 115 cm³/mol. The molecule has 4 heterocycles. The summed E-state index contributed by atoms with van der Waals surface area (Å²) in [4.78, 5) is 9.41. The summed E-state index contributed by atoms with van der Waals surface area (Å²) in [5, 5.41) is 8.55. The van der Waals surface area contributed by atoms with E-state index in [-0.39, 0.29) is 0 Å². The Kier molecular flexibility index (Phi) is 4.78. The van der Waals surface area contributed by atoms with Gasteiger partial charge in [-0.05, 0) is 56.2 Å². The van der Waals surface area contributed by atoms with Crippen LogP contribution < -0.4 is 4.90 Å². The third-order valence-electron chi connectivity index (χ3n) is 6.43. The third kappa shape index (κ3) is 3.09. The van der Waals surface area contributed by atoms with Crippen molar-refractivity contribution < 1.29 is 0 Å². The van der Waals surface area contributed by atoms with Crippen molar-refractivity contribution in [3.8, 4) is 0 Å². The molecule has 2 aromatic heterocycles. The van der Waals surface area contributed by atoms with Crippen molar-refractivity contribution in [1.82, 2.24) is 24.5 Å². The Morgan fingerprint density at radius 3 is 2.68 bits per heavy atom. The zero-order chi connectivity index (χ0) is 19.1. The molecule has 1 fully saturated rings. The topological polar surface area (TPSA) is 51.8 Å². The van der Waals surface area contributed by atoms with E-state index in [9.17, 15) is 0 Å². The quantitative estimate of drug-likeness (QED) is 0.673. The van der Waals surface area contributed by atoms with E-state index in [1.54, 1.807) is 17.2 Å². The first-order valence-corrected chi connectivity index (χ1v) is 11.5. The first-order chi connectivity index (χ1) is 13.7. The summed E-state index contributed by atoms with van der Waals surface area (Å²) in [6.07, 6.45) is 9.14. The summed E-state index contributed by atoms with van der Waals surface area (Å²) in [5.41, 5.74) is 5.33. The number of benzene rings is 1. The molecule has 2 aliphatic heterocycles. The van der Waals surface area contributed by atoms with Crippen LogP contribution in [0.2, 0.25) is 0 Å². The molecule has 3 aromatic rings. The van der Waals surface area contributed by atoms with Crippen molar-refractivity contribution >= 4 is 28.5 Å². The summed E-state index contributed by atoms with van der Waals surface area (Å²) in [6, 6.07) is 5.78. The summed E-state index contributed by atoms with van der Waals surface area (Å²) < 4.78 is 2.55. The largest absolute Gasteiger partial charge is 0.372 e. The summed E-state index contributed by atoms with van der Waals surface area (Å²) in [5.74, 6) is 3.68. The molecule has 5 rings (SSSR count). The molecule has 0 saturated carbocycles. The first-order valence-electron chi connectivity index (χ1n) is 10.4. The Hall–Kier alpha value is -2.02. The van der Waals surface area contributed by atoms with E-state index >= 15 is 0 Å². The Labute approximate surface area is 170 Å². The van der Waals surface area contributed by atoms with Crippen LogP contribution in [0.4, 0.5) is 5.69 Å². The van der Waals surface area contributed by atoms with Gasteiger partial charge in [0.1, 0.15) is 5.82 Å². The zero-order valence-corrected chi connectivity index (χ0v) is 17.5. The van der Waals surface area contributed by atoms with Crippen molar-refractivity contribution in [3.05, 3.63) is 35.9 Å². The Balaban J connectivity index is 1.59. The van der Waals surface area contributed by atoms with Crippen LogP contribution in [0.15, 0.2) is 24.5 Å². The smallest absolute Gasteiger partial charge is 0.112 e. The SMILES string of the molecule is CC1CCc2c(ccc3c2nc(CCn2nccn2)n3C2CCSCC2)N1C. The summed E-state index contributed by atoms with van der Waals surface area (Å²) in [6.45, 7) is 3.09. The number of rotatable bonds is 4. The van der Waals surface area contributed by atoms with Gasteiger partial charge in [0.15, 0.2) is 0 Å². The predicted octanol–water partition coefficient (Wildman–Crippen LogP) is 3.71. The van der Waals surface area contributed by atoms with Gasteiger partial charge >= 0.3 is 0 Å². The minimum Gasteiger partial charge on any atom is -0.372 e. The van der Waals surface area contributed by atoms with Gasteiger partial charge in [0.25, 0.3) is 0 Å². The molecule has 1 unspecified atom stereocenters. The van der Waals surface area contributed by atoms with Crippen molar-refractivity contribution in [3.63, 3.8) is 0 Å². The second kappa shape index (κ2) is 7.43. The van der Waals surface area contributed by atoms with Crippen LogP contribution in [0.1, 0.15) is 43.6 Å². The van der Waals surface area contributed by atoms with Gasteiger partial charge in [-0.1, -0.05) is 0 Å². The normalized spacial score (nSPS) is 20.6. The molecule has 1 aromatic carbocycles. The number of hydrogen-bond donors (Lipinski definition) is 0. The molecule has 0 N–H and O–H groups in total. The van der Waals surface area contributed by atoms with E-state index in [0.29, 0.717) is 12.1 Å². The van der Waals surface area contributed by atoms with E-state index in [0.717, 1.165) is 19.4 Å². The van der Waals surface area contributed by atoms with Crippen molar-refractivity contribution in [1.29, 1.82) is 0 Å². The van der Waals surface area contributed by atoms with Crippen LogP contribution >= 0.6 is 11.8 Å². The van der Waals surface area contributed by atoms with Crippen LogP contribution in [0, 0.1) is 0 Å². The van der Waals surface area contributed by atoms with Gasteiger partial charge in [0.2, 0.25) is 0 Å². The van der Waals surface area contributed by atoms with Crippen LogP contribution in [0.25, 0.3) is 11.0 Å². The number of fused-ring (bicyclic) bond motifs is 3. The second-order valence-corrected chi connectivity index (χ2v) is 9.27. The van der Waals surface area contributed by atoms with Gasteiger partial charge < -0.3 is 9.47 Å². The lowest BCUT2D eigenvalue weighted by Gasteiger charge is -2.34. The molecule has 2 aliphatic rings. The molecule has 0 radical (unpaired) electrons. The van der Waals surface area contributed by atoms with Gasteiger partial charge in [-0.25, -0.2) is 4.98 Å². The maximum absolute atomic E-state index is 5.22. The highest BCUT2D eigenvalue weighted by molar-refractivity contribution is 7.99. The molecule has 7 heteroatoms. The number of thioether (sulfide) groups is 1. The number of nitrogens with zero attached hydrogens (tertiary/aromatic N) is 6. The van der Waals surface area contributed by atoms with Gasteiger partial charge in [-0.15, -0.1) is 0 Å². The average Bonchev–Trinajstić information content (AvgIpc) is 3.37. The van der Waals surface area contributed by atoms with Crippen LogP contribution in [0.5, 0.6) is 0 Å². The fourth-order valence-electron chi connectivity index (χ4n) is 4.70. The second-order valence-electron chi connectivity index (χ2n) is 8.05. The molecule has 0 spiro atoms. The van der Waals surface area contributed by atoms with Gasteiger partial charge in [0, 0.05) is 36.8 Å². The van der Waals surface area contributed by atoms with Gasteiger partial charge in [0.05, 0.1) is 30.0 Å². The fraction of sp³-hybridized carbons (Fsp3) is 0.571. The Morgan fingerprint density at radius 1 is 1.11 bits per heavy atom. The molecule has 1 atom stereocenters. The number of imidazole rings is 1. The lowest BCUT2D eigenvalue weighted by atomic mass is 9.96. The molecule has 0 aliphatic carbocycles. The maximum atomic E-state index is 5.22. The summed E-state index contributed by atoms with van der Waals surface area (Å²) in [7, 11) is 2.22. The first kappa shape index (κ1) is 18.0. The van der Waals surface area contributed by atoms with E-state index in [4.69, 9.17) is 4.98 Å². The van der Waals surface area contributed by atoms with Crippen LogP contribution in [0.3, 0.4) is 0 Å². The number of anilines is 1. The maximum Gasteiger partial charge on any atom is 0.112 e.